The Morgan fingerprint density at radius 1 is 1.20 bits per heavy atom. The molecule has 5 heteroatoms. The molecule has 0 saturated heterocycles. The van der Waals surface area contributed by atoms with E-state index in [9.17, 15) is 0 Å². The Morgan fingerprint density at radius 3 is 2.84 bits per heavy atom. The molecule has 0 aliphatic rings. The summed E-state index contributed by atoms with van der Waals surface area (Å²) in [4.78, 5) is 4.55. The van der Waals surface area contributed by atoms with Gasteiger partial charge in [-0.05, 0) is 31.0 Å². The van der Waals surface area contributed by atoms with Gasteiger partial charge < -0.3 is 4.74 Å². The number of ether oxygens (including phenoxy) is 1. The van der Waals surface area contributed by atoms with Crippen molar-refractivity contribution in [3.8, 4) is 17.0 Å². The Labute approximate surface area is 152 Å². The van der Waals surface area contributed by atoms with Gasteiger partial charge in [-0.15, -0.1) is 11.3 Å². The van der Waals surface area contributed by atoms with E-state index < -0.39 is 0 Å². The molecular weight excluding hydrogens is 330 g/mol. The van der Waals surface area contributed by atoms with Crippen molar-refractivity contribution in [2.45, 2.75) is 26.4 Å². The molecule has 0 aliphatic heterocycles. The smallest absolute Gasteiger partial charge is 0.203 e. The van der Waals surface area contributed by atoms with Crippen LogP contribution in [0, 0.1) is 0 Å². The molecule has 1 atom stereocenters. The van der Waals surface area contributed by atoms with Gasteiger partial charge in [0.2, 0.25) is 5.13 Å². The summed E-state index contributed by atoms with van der Waals surface area (Å²) in [5.74, 6) is 0.860. The van der Waals surface area contributed by atoms with Crippen LogP contribution in [0.2, 0.25) is 0 Å². The Hall–Kier alpha value is -2.66. The molecular formula is C20H21N3OS. The normalized spacial score (nSPS) is 12.2. The lowest BCUT2D eigenvalue weighted by atomic mass is 10.2. The summed E-state index contributed by atoms with van der Waals surface area (Å²) in [6, 6.07) is 18.0. The lowest BCUT2D eigenvalue weighted by molar-refractivity contribution is 0.217. The minimum absolute atomic E-state index is 0.206. The van der Waals surface area contributed by atoms with Crippen molar-refractivity contribution in [2.75, 3.05) is 5.43 Å². The van der Waals surface area contributed by atoms with Crippen LogP contribution in [0.15, 0.2) is 65.1 Å². The number of hydrogen-bond donors (Lipinski definition) is 1. The zero-order valence-corrected chi connectivity index (χ0v) is 15.2. The number of benzene rings is 2. The lowest BCUT2D eigenvalue weighted by Crippen LogP contribution is -2.09. The molecule has 0 spiro atoms. The second-order valence-electron chi connectivity index (χ2n) is 5.68. The van der Waals surface area contributed by atoms with Crippen LogP contribution in [0.25, 0.3) is 11.3 Å². The molecule has 128 valence electrons. The van der Waals surface area contributed by atoms with E-state index >= 15 is 0 Å². The largest absolute Gasteiger partial charge is 0.491 e. The summed E-state index contributed by atoms with van der Waals surface area (Å²) in [6.45, 7) is 4.17. The van der Waals surface area contributed by atoms with E-state index in [1.807, 2.05) is 60.0 Å². The summed E-state index contributed by atoms with van der Waals surface area (Å²) in [5, 5.41) is 7.06. The average Bonchev–Trinajstić information content (AvgIpc) is 3.12. The van der Waals surface area contributed by atoms with Gasteiger partial charge in [-0.3, -0.25) is 5.43 Å². The number of rotatable bonds is 7. The van der Waals surface area contributed by atoms with Crippen LogP contribution in [-0.2, 0) is 0 Å². The second kappa shape index (κ2) is 8.44. The zero-order valence-electron chi connectivity index (χ0n) is 14.3. The standard InChI is InChI=1S/C20H21N3OS/c1-3-15(2)24-18-11-7-8-16(12-18)13-21-23-20-22-19(14-25-20)17-9-5-4-6-10-17/h4-15H,3H2,1-2H3,(H,22,23). The van der Waals surface area contributed by atoms with Crippen molar-refractivity contribution in [3.05, 3.63) is 65.5 Å². The number of hydrogen-bond acceptors (Lipinski definition) is 5. The summed E-state index contributed by atoms with van der Waals surface area (Å²) in [5.41, 5.74) is 6.02. The fourth-order valence-electron chi connectivity index (χ4n) is 2.21. The quantitative estimate of drug-likeness (QED) is 0.456. The molecule has 0 saturated carbocycles. The van der Waals surface area contributed by atoms with Crippen LogP contribution in [0.5, 0.6) is 5.75 Å². The first-order chi connectivity index (χ1) is 12.2. The number of aromatic nitrogens is 1. The highest BCUT2D eigenvalue weighted by Gasteiger charge is 2.03. The summed E-state index contributed by atoms with van der Waals surface area (Å²) in [6.07, 6.45) is 2.96. The number of nitrogens with one attached hydrogen (secondary N) is 1. The van der Waals surface area contributed by atoms with Crippen molar-refractivity contribution >= 4 is 22.7 Å². The van der Waals surface area contributed by atoms with Gasteiger partial charge in [0.1, 0.15) is 5.75 Å². The second-order valence-corrected chi connectivity index (χ2v) is 6.54. The van der Waals surface area contributed by atoms with E-state index in [1.54, 1.807) is 6.21 Å². The predicted octanol–water partition coefficient (Wildman–Crippen LogP) is 5.43. The molecule has 2 aromatic carbocycles. The van der Waals surface area contributed by atoms with Crippen molar-refractivity contribution in [2.24, 2.45) is 5.10 Å². The van der Waals surface area contributed by atoms with Gasteiger partial charge >= 0.3 is 0 Å². The van der Waals surface area contributed by atoms with Crippen LogP contribution < -0.4 is 10.2 Å². The summed E-state index contributed by atoms with van der Waals surface area (Å²) in [7, 11) is 0. The Kier molecular flexibility index (Phi) is 5.80. The fraction of sp³-hybridized carbons (Fsp3) is 0.200. The van der Waals surface area contributed by atoms with Gasteiger partial charge in [0, 0.05) is 10.9 Å². The molecule has 0 aliphatic carbocycles. The van der Waals surface area contributed by atoms with E-state index in [1.165, 1.54) is 11.3 Å². The van der Waals surface area contributed by atoms with E-state index in [0.717, 1.165) is 34.1 Å². The Balaban J connectivity index is 1.62. The minimum Gasteiger partial charge on any atom is -0.491 e. The zero-order chi connectivity index (χ0) is 17.5. The first-order valence-corrected chi connectivity index (χ1v) is 9.19. The number of nitrogens with zero attached hydrogens (tertiary/aromatic N) is 2. The van der Waals surface area contributed by atoms with E-state index in [4.69, 9.17) is 4.74 Å². The highest BCUT2D eigenvalue weighted by molar-refractivity contribution is 7.14. The summed E-state index contributed by atoms with van der Waals surface area (Å²) < 4.78 is 5.83. The van der Waals surface area contributed by atoms with Crippen LogP contribution in [0.4, 0.5) is 5.13 Å². The molecule has 3 rings (SSSR count). The maximum Gasteiger partial charge on any atom is 0.203 e. The highest BCUT2D eigenvalue weighted by atomic mass is 32.1. The lowest BCUT2D eigenvalue weighted by Gasteiger charge is -2.12. The highest BCUT2D eigenvalue weighted by Crippen LogP contribution is 2.24. The fourth-order valence-corrected chi connectivity index (χ4v) is 2.88. The molecule has 1 heterocycles. The Morgan fingerprint density at radius 2 is 2.04 bits per heavy atom. The van der Waals surface area contributed by atoms with Crippen LogP contribution in [-0.4, -0.2) is 17.3 Å². The SMILES string of the molecule is CCC(C)Oc1cccc(C=NNc2nc(-c3ccccc3)cs2)c1. The number of thiazole rings is 1. The van der Waals surface area contributed by atoms with Crippen molar-refractivity contribution < 1.29 is 4.74 Å². The van der Waals surface area contributed by atoms with Gasteiger partial charge in [-0.25, -0.2) is 4.98 Å². The van der Waals surface area contributed by atoms with Crippen LogP contribution in [0.1, 0.15) is 25.8 Å². The molecule has 0 amide bonds. The molecule has 1 aromatic heterocycles. The van der Waals surface area contributed by atoms with Gasteiger partial charge in [0.05, 0.1) is 18.0 Å². The molecule has 4 nitrogen and oxygen atoms in total. The molecule has 25 heavy (non-hydrogen) atoms. The maximum atomic E-state index is 5.83. The van der Waals surface area contributed by atoms with Gasteiger partial charge in [0.15, 0.2) is 0 Å². The molecule has 0 fully saturated rings. The Bertz CT molecular complexity index is 830. The first kappa shape index (κ1) is 17.2. The van der Waals surface area contributed by atoms with Gasteiger partial charge in [-0.1, -0.05) is 49.4 Å². The predicted molar refractivity (Wildman–Crippen MR) is 106 cm³/mol. The number of anilines is 1. The van der Waals surface area contributed by atoms with E-state index in [-0.39, 0.29) is 6.10 Å². The third kappa shape index (κ3) is 4.90. The van der Waals surface area contributed by atoms with Crippen molar-refractivity contribution in [3.63, 3.8) is 0 Å². The first-order valence-electron chi connectivity index (χ1n) is 8.31. The monoisotopic (exact) mass is 351 g/mol. The van der Waals surface area contributed by atoms with E-state index in [2.05, 4.69) is 29.4 Å². The van der Waals surface area contributed by atoms with Crippen LogP contribution >= 0.6 is 11.3 Å². The van der Waals surface area contributed by atoms with Crippen molar-refractivity contribution in [1.29, 1.82) is 0 Å². The number of hydrazone groups is 1. The minimum atomic E-state index is 0.206. The van der Waals surface area contributed by atoms with Crippen molar-refractivity contribution in [1.82, 2.24) is 4.98 Å². The summed E-state index contributed by atoms with van der Waals surface area (Å²) >= 11 is 1.53. The maximum absolute atomic E-state index is 5.83. The molecule has 0 bridgehead atoms. The third-order valence-corrected chi connectivity index (χ3v) is 4.46. The van der Waals surface area contributed by atoms with Gasteiger partial charge in [0.25, 0.3) is 0 Å². The third-order valence-electron chi connectivity index (χ3n) is 3.72. The van der Waals surface area contributed by atoms with Crippen LogP contribution in [0.3, 0.4) is 0 Å². The molecule has 0 radical (unpaired) electrons. The molecule has 3 aromatic rings. The van der Waals surface area contributed by atoms with E-state index in [0.29, 0.717) is 0 Å². The topological polar surface area (TPSA) is 46.5 Å². The molecule has 1 N–H and O–H groups in total. The van der Waals surface area contributed by atoms with Gasteiger partial charge in [-0.2, -0.15) is 5.10 Å². The molecule has 1 unspecified atom stereocenters. The average molecular weight is 351 g/mol.